The predicted octanol–water partition coefficient (Wildman–Crippen LogP) is 2.12. The standard InChI is InChI=1S/C16H25N3O3S2/c1-11-6-4-7-12(2)19(11)16(20)14-10-13(15-8-5-9-23-15)17-24(21,22)18(14)3/h5,8-9,11-14,17H,4,6-7,10H2,1-3H3/t11-,12-,13-,14+/m0/s1. The van der Waals surface area contributed by atoms with Crippen LogP contribution in [0.5, 0.6) is 0 Å². The highest BCUT2D eigenvalue weighted by Gasteiger charge is 2.44. The molecule has 2 aliphatic heterocycles. The van der Waals surface area contributed by atoms with Crippen molar-refractivity contribution >= 4 is 27.5 Å². The summed E-state index contributed by atoms with van der Waals surface area (Å²) < 4.78 is 28.9. The Bertz CT molecular complexity index is 679. The second kappa shape index (κ2) is 6.74. The fourth-order valence-corrected chi connectivity index (χ4v) is 5.92. The molecule has 4 atom stereocenters. The summed E-state index contributed by atoms with van der Waals surface area (Å²) in [7, 11) is -2.17. The quantitative estimate of drug-likeness (QED) is 0.866. The fourth-order valence-electron chi connectivity index (χ4n) is 3.80. The Kier molecular flexibility index (Phi) is 5.01. The number of likely N-dealkylation sites (tertiary alicyclic amines) is 1. The molecule has 0 unspecified atom stereocenters. The van der Waals surface area contributed by atoms with E-state index in [1.165, 1.54) is 22.7 Å². The van der Waals surface area contributed by atoms with Crippen LogP contribution in [0.2, 0.25) is 0 Å². The lowest BCUT2D eigenvalue weighted by Crippen LogP contribution is -2.60. The third-order valence-electron chi connectivity index (χ3n) is 5.19. The van der Waals surface area contributed by atoms with Gasteiger partial charge < -0.3 is 4.90 Å². The van der Waals surface area contributed by atoms with E-state index in [4.69, 9.17) is 0 Å². The van der Waals surface area contributed by atoms with Crippen LogP contribution in [0.1, 0.15) is 50.4 Å². The highest BCUT2D eigenvalue weighted by molar-refractivity contribution is 7.87. The van der Waals surface area contributed by atoms with Gasteiger partial charge >= 0.3 is 0 Å². The van der Waals surface area contributed by atoms with Crippen molar-refractivity contribution in [3.8, 4) is 0 Å². The highest BCUT2D eigenvalue weighted by Crippen LogP contribution is 2.33. The molecule has 2 saturated heterocycles. The van der Waals surface area contributed by atoms with E-state index in [9.17, 15) is 13.2 Å². The van der Waals surface area contributed by atoms with Crippen LogP contribution in [0.4, 0.5) is 0 Å². The van der Waals surface area contributed by atoms with Crippen molar-refractivity contribution < 1.29 is 13.2 Å². The first-order chi connectivity index (χ1) is 11.3. The van der Waals surface area contributed by atoms with Crippen LogP contribution < -0.4 is 4.72 Å². The average molecular weight is 372 g/mol. The maximum Gasteiger partial charge on any atom is 0.280 e. The molecule has 24 heavy (non-hydrogen) atoms. The van der Waals surface area contributed by atoms with E-state index in [1.807, 2.05) is 22.4 Å². The van der Waals surface area contributed by atoms with E-state index in [1.54, 1.807) is 0 Å². The molecule has 2 aliphatic rings. The van der Waals surface area contributed by atoms with E-state index in [2.05, 4.69) is 18.6 Å². The van der Waals surface area contributed by atoms with Crippen LogP contribution >= 0.6 is 11.3 Å². The Hall–Kier alpha value is -0.960. The number of piperidine rings is 1. The van der Waals surface area contributed by atoms with Crippen molar-refractivity contribution in [2.75, 3.05) is 7.05 Å². The predicted molar refractivity (Wildman–Crippen MR) is 94.9 cm³/mol. The molecule has 1 N–H and O–H groups in total. The minimum absolute atomic E-state index is 0.0659. The average Bonchev–Trinajstić information content (AvgIpc) is 3.03. The molecular formula is C16H25N3O3S2. The zero-order chi connectivity index (χ0) is 17.5. The van der Waals surface area contributed by atoms with Crippen LogP contribution in [-0.4, -0.2) is 48.7 Å². The van der Waals surface area contributed by atoms with E-state index in [0.717, 1.165) is 24.1 Å². The van der Waals surface area contributed by atoms with E-state index < -0.39 is 16.3 Å². The van der Waals surface area contributed by atoms with Gasteiger partial charge in [-0.15, -0.1) is 11.3 Å². The normalized spacial score (nSPS) is 34.2. The molecule has 0 aromatic carbocycles. The minimum Gasteiger partial charge on any atom is -0.336 e. The van der Waals surface area contributed by atoms with Crippen LogP contribution in [0.25, 0.3) is 0 Å². The van der Waals surface area contributed by atoms with Gasteiger partial charge in [0.05, 0.1) is 6.04 Å². The Morgan fingerprint density at radius 1 is 1.29 bits per heavy atom. The second-order valence-electron chi connectivity index (χ2n) is 6.83. The molecule has 3 heterocycles. The molecule has 2 fully saturated rings. The number of likely N-dealkylation sites (N-methyl/N-ethyl adjacent to an activating group) is 1. The molecule has 3 rings (SSSR count). The summed E-state index contributed by atoms with van der Waals surface area (Å²) in [6.45, 7) is 4.11. The Labute approximate surface area is 148 Å². The topological polar surface area (TPSA) is 69.7 Å². The molecule has 134 valence electrons. The Morgan fingerprint density at radius 3 is 2.54 bits per heavy atom. The maximum atomic E-state index is 13.2. The van der Waals surface area contributed by atoms with Crippen LogP contribution in [0.3, 0.4) is 0 Å². The Balaban J connectivity index is 1.88. The zero-order valence-corrected chi connectivity index (χ0v) is 15.9. The summed E-state index contributed by atoms with van der Waals surface area (Å²) in [5, 5.41) is 1.92. The van der Waals surface area contributed by atoms with Gasteiger partial charge in [-0.2, -0.15) is 17.4 Å². The summed E-state index contributed by atoms with van der Waals surface area (Å²) in [5.74, 6) is -0.0659. The largest absolute Gasteiger partial charge is 0.336 e. The molecular weight excluding hydrogens is 346 g/mol. The number of nitrogens with one attached hydrogen (secondary N) is 1. The first kappa shape index (κ1) is 17.8. The summed E-state index contributed by atoms with van der Waals surface area (Å²) >= 11 is 1.51. The van der Waals surface area contributed by atoms with E-state index in [0.29, 0.717) is 6.42 Å². The number of thiophene rings is 1. The van der Waals surface area contributed by atoms with Gasteiger partial charge in [-0.3, -0.25) is 4.79 Å². The first-order valence-corrected chi connectivity index (χ1v) is 10.7. The summed E-state index contributed by atoms with van der Waals surface area (Å²) in [5.41, 5.74) is 0. The number of rotatable bonds is 2. The summed E-state index contributed by atoms with van der Waals surface area (Å²) in [6.07, 6.45) is 3.53. The van der Waals surface area contributed by atoms with Gasteiger partial charge in [-0.05, 0) is 51.0 Å². The molecule has 0 radical (unpaired) electrons. The molecule has 0 aliphatic carbocycles. The first-order valence-electron chi connectivity index (χ1n) is 8.42. The summed E-state index contributed by atoms with van der Waals surface area (Å²) in [4.78, 5) is 16.0. The van der Waals surface area contributed by atoms with E-state index in [-0.39, 0.29) is 24.0 Å². The number of carbonyl (C=O) groups is 1. The number of amides is 1. The third kappa shape index (κ3) is 3.24. The minimum atomic E-state index is -3.66. The van der Waals surface area contributed by atoms with Gasteiger partial charge in [0.15, 0.2) is 0 Å². The van der Waals surface area contributed by atoms with Gasteiger partial charge in [0.2, 0.25) is 5.91 Å². The Morgan fingerprint density at radius 2 is 1.96 bits per heavy atom. The third-order valence-corrected chi connectivity index (χ3v) is 7.77. The molecule has 0 spiro atoms. The monoisotopic (exact) mass is 371 g/mol. The van der Waals surface area contributed by atoms with Gasteiger partial charge in [0, 0.05) is 24.0 Å². The van der Waals surface area contributed by atoms with Crippen molar-refractivity contribution in [3.63, 3.8) is 0 Å². The molecule has 6 nitrogen and oxygen atoms in total. The molecule has 1 amide bonds. The molecule has 1 aromatic rings. The number of nitrogens with zero attached hydrogens (tertiary/aromatic N) is 2. The highest BCUT2D eigenvalue weighted by atomic mass is 32.2. The van der Waals surface area contributed by atoms with E-state index >= 15 is 0 Å². The smallest absolute Gasteiger partial charge is 0.280 e. The lowest BCUT2D eigenvalue weighted by Gasteiger charge is -2.44. The lowest BCUT2D eigenvalue weighted by molar-refractivity contribution is -0.142. The van der Waals surface area contributed by atoms with Gasteiger partial charge in [-0.25, -0.2) is 0 Å². The van der Waals surface area contributed by atoms with Crippen molar-refractivity contribution in [1.82, 2.24) is 13.9 Å². The van der Waals surface area contributed by atoms with Crippen molar-refractivity contribution in [2.45, 2.75) is 63.7 Å². The van der Waals surface area contributed by atoms with Crippen molar-refractivity contribution in [3.05, 3.63) is 22.4 Å². The molecule has 1 aromatic heterocycles. The summed E-state index contributed by atoms with van der Waals surface area (Å²) in [6, 6.07) is 3.15. The molecule has 0 saturated carbocycles. The zero-order valence-electron chi connectivity index (χ0n) is 14.3. The number of carbonyl (C=O) groups excluding carboxylic acids is 1. The van der Waals surface area contributed by atoms with Gasteiger partial charge in [-0.1, -0.05) is 6.07 Å². The van der Waals surface area contributed by atoms with Crippen LogP contribution in [0.15, 0.2) is 17.5 Å². The lowest BCUT2D eigenvalue weighted by atomic mass is 9.95. The maximum absolute atomic E-state index is 13.2. The van der Waals surface area contributed by atoms with Crippen LogP contribution in [0, 0.1) is 0 Å². The van der Waals surface area contributed by atoms with Crippen LogP contribution in [-0.2, 0) is 15.0 Å². The van der Waals surface area contributed by atoms with Gasteiger partial charge in [0.25, 0.3) is 10.2 Å². The van der Waals surface area contributed by atoms with Crippen molar-refractivity contribution in [1.29, 1.82) is 0 Å². The fraction of sp³-hybridized carbons (Fsp3) is 0.688. The molecule has 8 heteroatoms. The number of hydrogen-bond donors (Lipinski definition) is 1. The van der Waals surface area contributed by atoms with Crippen molar-refractivity contribution in [2.24, 2.45) is 0 Å². The van der Waals surface area contributed by atoms with Gasteiger partial charge in [0.1, 0.15) is 6.04 Å². The SMILES string of the molecule is C[C@H]1CCC[C@H](C)N1C(=O)[C@H]1C[C@@H](c2cccs2)NS(=O)(=O)N1C. The molecule has 0 bridgehead atoms. The second-order valence-corrected chi connectivity index (χ2v) is 9.57. The number of hydrogen-bond acceptors (Lipinski definition) is 4.